The number of piperidine rings is 1. The lowest BCUT2D eigenvalue weighted by molar-refractivity contribution is 0.1000. The first-order valence-electron chi connectivity index (χ1n) is 8.64. The average molecular weight is 326 g/mol. The van der Waals surface area contributed by atoms with Crippen LogP contribution in [0, 0.1) is 0 Å². The number of benzene rings is 1. The lowest BCUT2D eigenvalue weighted by Crippen LogP contribution is -2.34. The van der Waals surface area contributed by atoms with Crippen LogP contribution in [0.5, 0.6) is 0 Å². The van der Waals surface area contributed by atoms with E-state index in [9.17, 15) is 4.79 Å². The number of carbonyl (C=O) groups excluding carboxylic acids is 1. The summed E-state index contributed by atoms with van der Waals surface area (Å²) < 4.78 is 5.49. The predicted octanol–water partition coefficient (Wildman–Crippen LogP) is 2.10. The minimum absolute atomic E-state index is 0.373. The van der Waals surface area contributed by atoms with Gasteiger partial charge in [0, 0.05) is 23.9 Å². The maximum absolute atomic E-state index is 11.3. The van der Waals surface area contributed by atoms with Crippen molar-refractivity contribution in [1.82, 2.24) is 15.0 Å². The van der Waals surface area contributed by atoms with E-state index in [2.05, 4.69) is 15.0 Å². The largest absolute Gasteiger partial charge is 0.366 e. The van der Waals surface area contributed by atoms with E-state index in [1.165, 1.54) is 12.8 Å². The number of nitrogens with two attached hydrogens (primary N) is 1. The van der Waals surface area contributed by atoms with Crippen LogP contribution in [0.25, 0.3) is 0 Å². The molecule has 0 radical (unpaired) electrons. The van der Waals surface area contributed by atoms with Crippen LogP contribution in [0.4, 0.5) is 0 Å². The van der Waals surface area contributed by atoms with Gasteiger partial charge in [-0.25, -0.2) is 0 Å². The van der Waals surface area contributed by atoms with Crippen LogP contribution >= 0.6 is 0 Å². The molecule has 1 saturated carbocycles. The Labute approximate surface area is 141 Å². The summed E-state index contributed by atoms with van der Waals surface area (Å²) in [5, 5.41) is 4.11. The highest BCUT2D eigenvalue weighted by Crippen LogP contribution is 2.34. The monoisotopic (exact) mass is 326 g/mol. The van der Waals surface area contributed by atoms with Crippen molar-refractivity contribution in [3.8, 4) is 0 Å². The average Bonchev–Trinajstić information content (AvgIpc) is 3.35. The lowest BCUT2D eigenvalue weighted by atomic mass is 9.96. The fourth-order valence-electron chi connectivity index (χ4n) is 3.47. The van der Waals surface area contributed by atoms with Crippen molar-refractivity contribution in [2.24, 2.45) is 5.73 Å². The summed E-state index contributed by atoms with van der Waals surface area (Å²) in [6, 6.07) is 8.09. The van der Waals surface area contributed by atoms with Gasteiger partial charge in [0.2, 0.25) is 11.8 Å². The summed E-state index contributed by atoms with van der Waals surface area (Å²) in [7, 11) is 0. The Morgan fingerprint density at radius 3 is 2.75 bits per heavy atom. The minimum atomic E-state index is -0.423. The maximum atomic E-state index is 11.3. The fraction of sp³-hybridized carbons (Fsp3) is 0.500. The smallest absolute Gasteiger partial charge is 0.248 e. The highest BCUT2D eigenvalue weighted by Gasteiger charge is 2.33. The van der Waals surface area contributed by atoms with E-state index in [4.69, 9.17) is 10.3 Å². The quantitative estimate of drug-likeness (QED) is 0.909. The van der Waals surface area contributed by atoms with Crippen LogP contribution in [0.1, 0.15) is 59.2 Å². The van der Waals surface area contributed by atoms with E-state index in [-0.39, 0.29) is 0 Å². The van der Waals surface area contributed by atoms with Crippen LogP contribution in [0.2, 0.25) is 0 Å². The van der Waals surface area contributed by atoms with Gasteiger partial charge in [0.1, 0.15) is 0 Å². The SMILES string of the molecule is NC(=O)c1cccc(Cc2noc(C3CCN(C4CC4)CC3)n2)c1. The zero-order valence-corrected chi connectivity index (χ0v) is 13.6. The van der Waals surface area contributed by atoms with Crippen LogP contribution in [0.3, 0.4) is 0 Å². The van der Waals surface area contributed by atoms with Gasteiger partial charge in [-0.05, 0) is 56.5 Å². The molecule has 4 rings (SSSR count). The number of carbonyl (C=O) groups is 1. The Balaban J connectivity index is 1.39. The molecule has 2 aromatic rings. The van der Waals surface area contributed by atoms with E-state index >= 15 is 0 Å². The van der Waals surface area contributed by atoms with E-state index in [1.807, 2.05) is 12.1 Å². The Hall–Kier alpha value is -2.21. The summed E-state index contributed by atoms with van der Waals surface area (Å²) in [6.07, 6.45) is 5.45. The number of rotatable bonds is 5. The van der Waals surface area contributed by atoms with Gasteiger partial charge in [-0.1, -0.05) is 17.3 Å². The normalized spacial score (nSPS) is 19.5. The number of hydrogen-bond donors (Lipinski definition) is 1. The molecular weight excluding hydrogens is 304 g/mol. The lowest BCUT2D eigenvalue weighted by Gasteiger charge is -2.30. The van der Waals surface area contributed by atoms with Gasteiger partial charge < -0.3 is 15.2 Å². The molecule has 6 heteroatoms. The third kappa shape index (κ3) is 3.33. The van der Waals surface area contributed by atoms with Crippen LogP contribution < -0.4 is 5.73 Å². The van der Waals surface area contributed by atoms with Crippen molar-refractivity contribution in [3.63, 3.8) is 0 Å². The second kappa shape index (κ2) is 6.36. The number of nitrogens with zero attached hydrogens (tertiary/aromatic N) is 3. The fourth-order valence-corrected chi connectivity index (χ4v) is 3.47. The summed E-state index contributed by atoms with van der Waals surface area (Å²) in [4.78, 5) is 18.4. The molecule has 2 N–H and O–H groups in total. The molecule has 2 heterocycles. The van der Waals surface area contributed by atoms with E-state index in [0.717, 1.165) is 43.4 Å². The number of hydrogen-bond acceptors (Lipinski definition) is 5. The van der Waals surface area contributed by atoms with Crippen LogP contribution in [0.15, 0.2) is 28.8 Å². The minimum Gasteiger partial charge on any atom is -0.366 e. The van der Waals surface area contributed by atoms with E-state index < -0.39 is 5.91 Å². The molecule has 0 spiro atoms. The van der Waals surface area contributed by atoms with Crippen molar-refractivity contribution < 1.29 is 9.32 Å². The highest BCUT2D eigenvalue weighted by atomic mass is 16.5. The van der Waals surface area contributed by atoms with Crippen molar-refractivity contribution in [3.05, 3.63) is 47.1 Å². The van der Waals surface area contributed by atoms with E-state index in [0.29, 0.717) is 23.7 Å². The molecule has 1 aromatic heterocycles. The Kier molecular flexibility index (Phi) is 4.06. The second-order valence-electron chi connectivity index (χ2n) is 6.83. The van der Waals surface area contributed by atoms with Crippen molar-refractivity contribution in [2.75, 3.05) is 13.1 Å². The molecule has 2 aliphatic rings. The van der Waals surface area contributed by atoms with Crippen molar-refractivity contribution in [2.45, 2.75) is 44.1 Å². The molecule has 6 nitrogen and oxygen atoms in total. The zero-order chi connectivity index (χ0) is 16.5. The molecule has 2 fully saturated rings. The first kappa shape index (κ1) is 15.3. The molecule has 1 saturated heterocycles. The molecule has 1 aliphatic carbocycles. The number of aromatic nitrogens is 2. The van der Waals surface area contributed by atoms with Gasteiger partial charge in [0.05, 0.1) is 0 Å². The summed E-state index contributed by atoms with van der Waals surface area (Å²) in [5.74, 6) is 1.37. The van der Waals surface area contributed by atoms with Gasteiger partial charge in [-0.15, -0.1) is 0 Å². The van der Waals surface area contributed by atoms with Gasteiger partial charge in [-0.3, -0.25) is 4.79 Å². The molecule has 126 valence electrons. The van der Waals surface area contributed by atoms with Crippen molar-refractivity contribution in [1.29, 1.82) is 0 Å². The predicted molar refractivity (Wildman–Crippen MR) is 88.6 cm³/mol. The molecule has 1 aromatic carbocycles. The summed E-state index contributed by atoms with van der Waals surface area (Å²) >= 11 is 0. The molecule has 0 unspecified atom stereocenters. The third-order valence-electron chi connectivity index (χ3n) is 5.00. The maximum Gasteiger partial charge on any atom is 0.248 e. The van der Waals surface area contributed by atoms with Crippen LogP contribution in [-0.2, 0) is 6.42 Å². The molecule has 1 amide bonds. The summed E-state index contributed by atoms with van der Waals surface area (Å²) in [6.45, 7) is 2.27. The van der Waals surface area contributed by atoms with Gasteiger partial charge in [-0.2, -0.15) is 4.98 Å². The Morgan fingerprint density at radius 1 is 1.25 bits per heavy atom. The van der Waals surface area contributed by atoms with Gasteiger partial charge in [0.25, 0.3) is 0 Å². The number of primary amides is 1. The first-order chi connectivity index (χ1) is 11.7. The standard InChI is InChI=1S/C18H22N4O2/c19-17(23)14-3-1-2-12(10-14)11-16-20-18(24-21-16)13-6-8-22(9-7-13)15-4-5-15/h1-3,10,13,15H,4-9,11H2,(H2,19,23). The van der Waals surface area contributed by atoms with Crippen molar-refractivity contribution >= 4 is 5.91 Å². The Bertz CT molecular complexity index is 730. The number of likely N-dealkylation sites (tertiary alicyclic amines) is 1. The summed E-state index contributed by atoms with van der Waals surface area (Å²) in [5.41, 5.74) is 6.79. The van der Waals surface area contributed by atoms with E-state index in [1.54, 1.807) is 12.1 Å². The molecule has 1 aliphatic heterocycles. The first-order valence-corrected chi connectivity index (χ1v) is 8.64. The Morgan fingerprint density at radius 2 is 2.04 bits per heavy atom. The highest BCUT2D eigenvalue weighted by molar-refractivity contribution is 5.92. The van der Waals surface area contributed by atoms with Crippen LogP contribution in [-0.4, -0.2) is 40.1 Å². The topological polar surface area (TPSA) is 85.2 Å². The molecular formula is C18H22N4O2. The van der Waals surface area contributed by atoms with Gasteiger partial charge >= 0.3 is 0 Å². The molecule has 24 heavy (non-hydrogen) atoms. The molecule has 0 atom stereocenters. The number of amides is 1. The third-order valence-corrected chi connectivity index (χ3v) is 5.00. The molecule has 0 bridgehead atoms. The second-order valence-corrected chi connectivity index (χ2v) is 6.83. The zero-order valence-electron chi connectivity index (χ0n) is 13.6. The van der Waals surface area contributed by atoms with Gasteiger partial charge in [0.15, 0.2) is 5.82 Å².